The van der Waals surface area contributed by atoms with Crippen LogP contribution in [-0.2, 0) is 14.4 Å². The molecule has 6 nitrogen and oxygen atoms in total. The van der Waals surface area contributed by atoms with Gasteiger partial charge in [-0.05, 0) is 32.6 Å². The molecule has 23 heavy (non-hydrogen) atoms. The van der Waals surface area contributed by atoms with Crippen LogP contribution in [-0.4, -0.2) is 33.2 Å². The zero-order valence-corrected chi connectivity index (χ0v) is 14.0. The number of aliphatic carboxylic acids is 3. The van der Waals surface area contributed by atoms with Crippen molar-refractivity contribution in [3.63, 3.8) is 0 Å². The van der Waals surface area contributed by atoms with Crippen molar-refractivity contribution in [3.05, 3.63) is 35.5 Å². The molecule has 0 aliphatic rings. The maximum atomic E-state index is 11.1. The Morgan fingerprint density at radius 2 is 1.57 bits per heavy atom. The van der Waals surface area contributed by atoms with Crippen LogP contribution in [0.4, 0.5) is 0 Å². The van der Waals surface area contributed by atoms with Crippen molar-refractivity contribution in [2.75, 3.05) is 0 Å². The third-order valence-electron chi connectivity index (χ3n) is 3.06. The van der Waals surface area contributed by atoms with E-state index in [1.807, 2.05) is 6.92 Å². The first-order valence-corrected chi connectivity index (χ1v) is 7.40. The summed E-state index contributed by atoms with van der Waals surface area (Å²) in [5, 5.41) is 25.6. The quantitative estimate of drug-likeness (QED) is 0.558. The fourth-order valence-electron chi connectivity index (χ4n) is 1.65. The Hall–Kier alpha value is -2.37. The summed E-state index contributed by atoms with van der Waals surface area (Å²) in [5.74, 6) is -2.92. The van der Waals surface area contributed by atoms with Crippen LogP contribution in [0.2, 0.25) is 0 Å². The molecule has 0 saturated heterocycles. The summed E-state index contributed by atoms with van der Waals surface area (Å²) >= 11 is 0. The molecule has 0 aromatic rings. The van der Waals surface area contributed by atoms with E-state index >= 15 is 0 Å². The van der Waals surface area contributed by atoms with Gasteiger partial charge in [-0.2, -0.15) is 0 Å². The standard InChI is InChI=1S/C14H22O4.C3H4O2/c1-4-6-7-10(3)12(14(17)18)9-8-11(5-2)13(15)16;1-2-3(4)5/h8H,4-7,9H2,1-3H3,(H,15,16)(H,17,18);2H,1H2,(H,4,5). The summed E-state index contributed by atoms with van der Waals surface area (Å²) in [6.07, 6.45) is 5.62. The highest BCUT2D eigenvalue weighted by atomic mass is 16.4. The van der Waals surface area contributed by atoms with E-state index in [0.29, 0.717) is 12.0 Å². The van der Waals surface area contributed by atoms with Crippen LogP contribution in [0.5, 0.6) is 0 Å². The van der Waals surface area contributed by atoms with Gasteiger partial charge < -0.3 is 15.3 Å². The molecular formula is C17H26O6. The molecule has 0 fully saturated rings. The zero-order chi connectivity index (χ0) is 18.4. The molecule has 0 amide bonds. The molecule has 3 N–H and O–H groups in total. The highest BCUT2D eigenvalue weighted by molar-refractivity contribution is 5.89. The zero-order valence-electron chi connectivity index (χ0n) is 14.0. The van der Waals surface area contributed by atoms with E-state index in [0.717, 1.165) is 30.9 Å². The minimum Gasteiger partial charge on any atom is -0.478 e. The highest BCUT2D eigenvalue weighted by Gasteiger charge is 2.11. The van der Waals surface area contributed by atoms with Crippen molar-refractivity contribution >= 4 is 17.9 Å². The molecular weight excluding hydrogens is 300 g/mol. The van der Waals surface area contributed by atoms with E-state index in [2.05, 4.69) is 6.58 Å². The van der Waals surface area contributed by atoms with Gasteiger partial charge in [-0.15, -0.1) is 0 Å². The molecule has 0 radical (unpaired) electrons. The lowest BCUT2D eigenvalue weighted by Gasteiger charge is -2.06. The number of hydrogen-bond acceptors (Lipinski definition) is 3. The second kappa shape index (κ2) is 13.3. The first-order chi connectivity index (χ1) is 10.7. The molecule has 0 bridgehead atoms. The third-order valence-corrected chi connectivity index (χ3v) is 3.06. The highest BCUT2D eigenvalue weighted by Crippen LogP contribution is 2.17. The molecule has 0 unspecified atom stereocenters. The van der Waals surface area contributed by atoms with Crippen molar-refractivity contribution in [1.29, 1.82) is 0 Å². The normalized spacial score (nSPS) is 11.7. The SMILES string of the molecule is C=CC(=O)O.CCCCC(C)=C(CC=C(CC)C(=O)O)C(=O)O. The Bertz CT molecular complexity index is 485. The van der Waals surface area contributed by atoms with Gasteiger partial charge in [0.15, 0.2) is 0 Å². The Morgan fingerprint density at radius 1 is 1.04 bits per heavy atom. The topological polar surface area (TPSA) is 112 Å². The maximum absolute atomic E-state index is 11.1. The Labute approximate surface area is 136 Å². The van der Waals surface area contributed by atoms with Gasteiger partial charge in [-0.3, -0.25) is 0 Å². The Kier molecular flexibility index (Phi) is 13.2. The van der Waals surface area contributed by atoms with Gasteiger partial charge in [0.1, 0.15) is 0 Å². The van der Waals surface area contributed by atoms with Gasteiger partial charge in [0.25, 0.3) is 0 Å². The monoisotopic (exact) mass is 326 g/mol. The van der Waals surface area contributed by atoms with Crippen LogP contribution in [0.25, 0.3) is 0 Å². The van der Waals surface area contributed by atoms with Crippen molar-refractivity contribution in [2.45, 2.75) is 52.9 Å². The number of rotatable bonds is 9. The van der Waals surface area contributed by atoms with Crippen molar-refractivity contribution in [1.82, 2.24) is 0 Å². The number of hydrogen-bond donors (Lipinski definition) is 3. The summed E-state index contributed by atoms with van der Waals surface area (Å²) in [7, 11) is 0. The second-order valence-electron chi connectivity index (χ2n) is 4.80. The fourth-order valence-corrected chi connectivity index (χ4v) is 1.65. The average molecular weight is 326 g/mol. The van der Waals surface area contributed by atoms with Gasteiger partial charge in [-0.25, -0.2) is 14.4 Å². The fraction of sp³-hybridized carbons (Fsp3) is 0.471. The molecule has 0 heterocycles. The number of carboxylic acid groups (broad SMARTS) is 3. The van der Waals surface area contributed by atoms with E-state index < -0.39 is 17.9 Å². The van der Waals surface area contributed by atoms with Crippen molar-refractivity contribution in [2.24, 2.45) is 0 Å². The lowest BCUT2D eigenvalue weighted by atomic mass is 10.00. The first-order valence-electron chi connectivity index (χ1n) is 7.40. The largest absolute Gasteiger partial charge is 0.478 e. The molecule has 0 rings (SSSR count). The van der Waals surface area contributed by atoms with Crippen LogP contribution < -0.4 is 0 Å². The number of carbonyl (C=O) groups is 3. The van der Waals surface area contributed by atoms with Crippen LogP contribution in [0.3, 0.4) is 0 Å². The van der Waals surface area contributed by atoms with Gasteiger partial charge in [0, 0.05) is 17.2 Å². The number of unbranched alkanes of at least 4 members (excludes halogenated alkanes) is 1. The summed E-state index contributed by atoms with van der Waals surface area (Å²) in [6, 6.07) is 0. The minimum atomic E-state index is -0.981. The molecule has 0 aromatic carbocycles. The minimum absolute atomic E-state index is 0.181. The lowest BCUT2D eigenvalue weighted by Crippen LogP contribution is -2.05. The Morgan fingerprint density at radius 3 is 1.87 bits per heavy atom. The summed E-state index contributed by atoms with van der Waals surface area (Å²) in [5.41, 5.74) is 1.41. The molecule has 0 aliphatic heterocycles. The molecule has 0 saturated carbocycles. The van der Waals surface area contributed by atoms with E-state index in [1.54, 1.807) is 13.8 Å². The van der Waals surface area contributed by atoms with E-state index in [-0.39, 0.29) is 12.0 Å². The third kappa shape index (κ3) is 11.9. The molecule has 0 aromatic heterocycles. The van der Waals surface area contributed by atoms with Crippen LogP contribution in [0.15, 0.2) is 35.5 Å². The van der Waals surface area contributed by atoms with E-state index in [4.69, 9.17) is 15.3 Å². The first kappa shape index (κ1) is 22.9. The van der Waals surface area contributed by atoms with Crippen LogP contribution in [0.1, 0.15) is 52.9 Å². The summed E-state index contributed by atoms with van der Waals surface area (Å²) < 4.78 is 0. The van der Waals surface area contributed by atoms with Crippen LogP contribution in [0, 0.1) is 0 Å². The average Bonchev–Trinajstić information content (AvgIpc) is 2.48. The van der Waals surface area contributed by atoms with Gasteiger partial charge in [0.05, 0.1) is 0 Å². The van der Waals surface area contributed by atoms with Crippen molar-refractivity contribution < 1.29 is 29.7 Å². The molecule has 6 heteroatoms. The van der Waals surface area contributed by atoms with Gasteiger partial charge in [0.2, 0.25) is 0 Å². The molecule has 0 atom stereocenters. The molecule has 130 valence electrons. The number of allylic oxidation sites excluding steroid dienone is 2. The predicted octanol–water partition coefficient (Wildman–Crippen LogP) is 3.65. The van der Waals surface area contributed by atoms with E-state index in [1.165, 1.54) is 6.08 Å². The van der Waals surface area contributed by atoms with Gasteiger partial charge >= 0.3 is 17.9 Å². The summed E-state index contributed by atoms with van der Waals surface area (Å²) in [4.78, 5) is 31.2. The van der Waals surface area contributed by atoms with E-state index in [9.17, 15) is 14.4 Å². The van der Waals surface area contributed by atoms with Gasteiger partial charge in [-0.1, -0.05) is 38.5 Å². The molecule has 0 aliphatic carbocycles. The van der Waals surface area contributed by atoms with Crippen molar-refractivity contribution in [3.8, 4) is 0 Å². The number of carboxylic acids is 3. The smallest absolute Gasteiger partial charge is 0.331 e. The van der Waals surface area contributed by atoms with Crippen LogP contribution >= 0.6 is 0 Å². The lowest BCUT2D eigenvalue weighted by molar-refractivity contribution is -0.134. The second-order valence-corrected chi connectivity index (χ2v) is 4.80. The Balaban J connectivity index is 0. The maximum Gasteiger partial charge on any atom is 0.331 e. The predicted molar refractivity (Wildman–Crippen MR) is 88.3 cm³/mol. The molecule has 0 spiro atoms. The summed E-state index contributed by atoms with van der Waals surface area (Å²) in [6.45, 7) is 8.56.